The van der Waals surface area contributed by atoms with Gasteiger partial charge in [-0.3, -0.25) is 4.99 Å². The smallest absolute Gasteiger partial charge is 0.340 e. The predicted molar refractivity (Wildman–Crippen MR) is 113 cm³/mol. The number of carbonyl (C=O) groups excluding carboxylic acids is 1. The van der Waals surface area contributed by atoms with Crippen LogP contribution in [0.4, 0.5) is 5.69 Å². The van der Waals surface area contributed by atoms with E-state index in [1.807, 2.05) is 60.8 Å². The van der Waals surface area contributed by atoms with Crippen molar-refractivity contribution < 1.29 is 9.53 Å². The highest BCUT2D eigenvalue weighted by Crippen LogP contribution is 2.30. The van der Waals surface area contributed by atoms with Gasteiger partial charge < -0.3 is 9.72 Å². The first kappa shape index (κ1) is 17.7. The number of aromatic amines is 1. The Bertz CT molecular complexity index is 1140. The van der Waals surface area contributed by atoms with Crippen molar-refractivity contribution in [3.63, 3.8) is 0 Å². The minimum Gasteiger partial charge on any atom is -0.462 e. The van der Waals surface area contributed by atoms with Gasteiger partial charge >= 0.3 is 5.97 Å². The number of H-pyrrole nitrogens is 1. The first-order valence-corrected chi connectivity index (χ1v) is 9.24. The molecule has 0 fully saturated rings. The molecule has 0 atom stereocenters. The summed E-state index contributed by atoms with van der Waals surface area (Å²) >= 11 is 0. The van der Waals surface area contributed by atoms with Gasteiger partial charge in [0.2, 0.25) is 0 Å². The first-order chi connectivity index (χ1) is 13.8. The second kappa shape index (κ2) is 7.92. The average Bonchev–Trinajstić information content (AvgIpc) is 3.12. The van der Waals surface area contributed by atoms with Crippen molar-refractivity contribution in [3.05, 3.63) is 90.0 Å². The van der Waals surface area contributed by atoms with E-state index in [0.717, 1.165) is 27.7 Å². The second-order valence-corrected chi connectivity index (χ2v) is 6.32. The Labute approximate surface area is 163 Å². The molecule has 0 aliphatic rings. The van der Waals surface area contributed by atoms with Crippen molar-refractivity contribution in [2.75, 3.05) is 6.61 Å². The van der Waals surface area contributed by atoms with Crippen molar-refractivity contribution in [2.24, 2.45) is 4.99 Å². The van der Waals surface area contributed by atoms with Crippen LogP contribution in [0.15, 0.2) is 83.9 Å². The van der Waals surface area contributed by atoms with Crippen LogP contribution >= 0.6 is 0 Å². The van der Waals surface area contributed by atoms with E-state index >= 15 is 0 Å². The second-order valence-electron chi connectivity index (χ2n) is 6.32. The number of esters is 1. The zero-order chi connectivity index (χ0) is 19.3. The summed E-state index contributed by atoms with van der Waals surface area (Å²) in [6, 6.07) is 25.5. The largest absolute Gasteiger partial charge is 0.462 e. The fraction of sp³-hybridized carbons (Fsp3) is 0.0833. The molecule has 0 saturated carbocycles. The number of aliphatic imine (C=N–C) groups is 1. The summed E-state index contributed by atoms with van der Waals surface area (Å²) in [5.74, 6) is -0.363. The van der Waals surface area contributed by atoms with Crippen molar-refractivity contribution in [2.45, 2.75) is 6.92 Å². The number of nitrogens with zero attached hydrogens (tertiary/aromatic N) is 1. The van der Waals surface area contributed by atoms with Gasteiger partial charge in [0.25, 0.3) is 0 Å². The molecule has 0 unspecified atom stereocenters. The number of fused-ring (bicyclic) bond motifs is 1. The average molecular weight is 368 g/mol. The molecule has 1 aromatic heterocycles. The maximum absolute atomic E-state index is 12.2. The molecule has 4 nitrogen and oxygen atoms in total. The third kappa shape index (κ3) is 3.45. The summed E-state index contributed by atoms with van der Waals surface area (Å²) in [5, 5.41) is 1.08. The Morgan fingerprint density at radius 3 is 2.50 bits per heavy atom. The summed E-state index contributed by atoms with van der Waals surface area (Å²) in [5.41, 5.74) is 5.16. The lowest BCUT2D eigenvalue weighted by Crippen LogP contribution is -2.04. The van der Waals surface area contributed by atoms with Gasteiger partial charge in [0.05, 0.1) is 23.6 Å². The van der Waals surface area contributed by atoms with Gasteiger partial charge in [0, 0.05) is 22.7 Å². The van der Waals surface area contributed by atoms with Gasteiger partial charge in [-0.25, -0.2) is 4.79 Å². The number of para-hydroxylation sites is 2. The topological polar surface area (TPSA) is 54.4 Å². The van der Waals surface area contributed by atoms with E-state index in [2.05, 4.69) is 28.2 Å². The van der Waals surface area contributed by atoms with Crippen LogP contribution in [0.5, 0.6) is 0 Å². The maximum Gasteiger partial charge on any atom is 0.340 e. The van der Waals surface area contributed by atoms with Gasteiger partial charge in [-0.1, -0.05) is 60.7 Å². The highest BCUT2D eigenvalue weighted by molar-refractivity contribution is 6.07. The number of ether oxygens (including phenoxy) is 1. The maximum atomic E-state index is 12.2. The van der Waals surface area contributed by atoms with Gasteiger partial charge in [0.15, 0.2) is 0 Å². The van der Waals surface area contributed by atoms with E-state index in [-0.39, 0.29) is 5.97 Å². The van der Waals surface area contributed by atoms with Crippen LogP contribution in [0, 0.1) is 0 Å². The van der Waals surface area contributed by atoms with Gasteiger partial charge in [-0.2, -0.15) is 0 Å². The minimum absolute atomic E-state index is 0.331. The van der Waals surface area contributed by atoms with Crippen molar-refractivity contribution in [3.8, 4) is 11.3 Å². The number of benzene rings is 3. The normalized spacial score (nSPS) is 11.2. The minimum atomic E-state index is -0.363. The Morgan fingerprint density at radius 1 is 0.964 bits per heavy atom. The molecular formula is C24H20N2O2. The lowest BCUT2D eigenvalue weighted by molar-refractivity contribution is 0.0527. The SMILES string of the molecule is CCOC(=O)c1ccccc1N=Cc1c(-c2ccccc2)[nH]c2ccccc12. The van der Waals surface area contributed by atoms with Crippen LogP contribution in [0.1, 0.15) is 22.8 Å². The fourth-order valence-electron chi connectivity index (χ4n) is 3.23. The zero-order valence-electron chi connectivity index (χ0n) is 15.6. The number of carbonyl (C=O) groups is 1. The number of aromatic nitrogens is 1. The summed E-state index contributed by atoms with van der Waals surface area (Å²) in [6.07, 6.45) is 1.82. The molecule has 28 heavy (non-hydrogen) atoms. The van der Waals surface area contributed by atoms with Crippen molar-refractivity contribution in [1.82, 2.24) is 4.98 Å². The zero-order valence-corrected chi connectivity index (χ0v) is 15.6. The molecule has 0 radical (unpaired) electrons. The number of hydrogen-bond acceptors (Lipinski definition) is 3. The number of hydrogen-bond donors (Lipinski definition) is 1. The summed E-state index contributed by atoms with van der Waals surface area (Å²) in [6.45, 7) is 2.12. The van der Waals surface area contributed by atoms with Crippen LogP contribution < -0.4 is 0 Å². The molecule has 0 bridgehead atoms. The molecule has 1 N–H and O–H groups in total. The Morgan fingerprint density at radius 2 is 1.68 bits per heavy atom. The molecule has 0 spiro atoms. The lowest BCUT2D eigenvalue weighted by atomic mass is 10.1. The Balaban J connectivity index is 1.82. The molecular weight excluding hydrogens is 348 g/mol. The fourth-order valence-corrected chi connectivity index (χ4v) is 3.23. The lowest BCUT2D eigenvalue weighted by Gasteiger charge is -2.05. The van der Waals surface area contributed by atoms with E-state index in [0.29, 0.717) is 17.9 Å². The highest BCUT2D eigenvalue weighted by Gasteiger charge is 2.13. The van der Waals surface area contributed by atoms with E-state index in [1.165, 1.54) is 0 Å². The van der Waals surface area contributed by atoms with E-state index in [4.69, 9.17) is 4.74 Å². The Hall–Kier alpha value is -3.66. The molecule has 0 amide bonds. The van der Waals surface area contributed by atoms with Crippen LogP contribution in [0.2, 0.25) is 0 Å². The summed E-state index contributed by atoms with van der Waals surface area (Å²) in [4.78, 5) is 20.4. The van der Waals surface area contributed by atoms with Crippen LogP contribution in [-0.2, 0) is 4.74 Å². The van der Waals surface area contributed by atoms with E-state index in [1.54, 1.807) is 13.0 Å². The monoisotopic (exact) mass is 368 g/mol. The van der Waals surface area contributed by atoms with E-state index < -0.39 is 0 Å². The molecule has 0 aliphatic heterocycles. The van der Waals surface area contributed by atoms with Gasteiger partial charge in [-0.05, 0) is 30.7 Å². The van der Waals surface area contributed by atoms with Crippen LogP contribution in [0.3, 0.4) is 0 Å². The molecule has 138 valence electrons. The number of nitrogens with one attached hydrogen (secondary N) is 1. The molecule has 0 saturated heterocycles. The third-order valence-electron chi connectivity index (χ3n) is 4.54. The quantitative estimate of drug-likeness (QED) is 0.359. The summed E-state index contributed by atoms with van der Waals surface area (Å²) in [7, 11) is 0. The molecule has 1 heterocycles. The highest BCUT2D eigenvalue weighted by atomic mass is 16.5. The standard InChI is InChI=1S/C24H20N2O2/c1-2-28-24(27)19-13-7-8-14-21(19)25-16-20-18-12-6-9-15-22(18)26-23(20)17-10-4-3-5-11-17/h3-16,26H,2H2,1H3. The Kier molecular flexibility index (Phi) is 5.02. The van der Waals surface area contributed by atoms with Crippen LogP contribution in [0.25, 0.3) is 22.2 Å². The van der Waals surface area contributed by atoms with Crippen LogP contribution in [-0.4, -0.2) is 23.8 Å². The van der Waals surface area contributed by atoms with E-state index in [9.17, 15) is 4.79 Å². The van der Waals surface area contributed by atoms with Crippen molar-refractivity contribution in [1.29, 1.82) is 0 Å². The summed E-state index contributed by atoms with van der Waals surface area (Å²) < 4.78 is 5.15. The predicted octanol–water partition coefficient (Wildman–Crippen LogP) is 5.76. The molecule has 0 aliphatic carbocycles. The molecule has 4 heteroatoms. The van der Waals surface area contributed by atoms with Gasteiger partial charge in [0.1, 0.15) is 0 Å². The first-order valence-electron chi connectivity index (χ1n) is 9.24. The number of rotatable bonds is 5. The molecule has 3 aromatic carbocycles. The molecule has 4 rings (SSSR count). The molecule has 4 aromatic rings. The van der Waals surface area contributed by atoms with Gasteiger partial charge in [-0.15, -0.1) is 0 Å². The third-order valence-corrected chi connectivity index (χ3v) is 4.54. The van der Waals surface area contributed by atoms with Crippen molar-refractivity contribution >= 4 is 28.8 Å².